The molecule has 102 valence electrons. The summed E-state index contributed by atoms with van der Waals surface area (Å²) in [5, 5.41) is 10.6. The molecule has 20 heavy (non-hydrogen) atoms. The van der Waals surface area contributed by atoms with Crippen LogP contribution in [0.2, 0.25) is 0 Å². The average Bonchev–Trinajstić information content (AvgIpc) is 2.92. The third-order valence-corrected chi connectivity index (χ3v) is 2.68. The monoisotopic (exact) mass is 270 g/mol. The predicted octanol–water partition coefficient (Wildman–Crippen LogP) is 0.747. The Kier molecular flexibility index (Phi) is 3.36. The molecule has 0 saturated heterocycles. The molecular weight excluding hydrogens is 256 g/mol. The summed E-state index contributed by atoms with van der Waals surface area (Å²) >= 11 is 0. The van der Waals surface area contributed by atoms with Crippen LogP contribution in [0.15, 0.2) is 31.0 Å². The highest BCUT2D eigenvalue weighted by molar-refractivity contribution is 5.44. The van der Waals surface area contributed by atoms with Gasteiger partial charge in [-0.25, -0.2) is 9.97 Å². The van der Waals surface area contributed by atoms with E-state index in [2.05, 4.69) is 35.7 Å². The molecule has 0 amide bonds. The SMILES string of the molecule is Cc1cc(NCCNc2cnccn2)n2ncnc2n1. The molecule has 3 heterocycles. The maximum Gasteiger partial charge on any atom is 0.254 e. The van der Waals surface area contributed by atoms with E-state index in [1.807, 2.05) is 13.0 Å². The Labute approximate surface area is 115 Å². The van der Waals surface area contributed by atoms with E-state index in [1.165, 1.54) is 6.33 Å². The minimum atomic E-state index is 0.592. The first-order valence-electron chi connectivity index (χ1n) is 6.24. The number of hydrogen-bond acceptors (Lipinski definition) is 7. The van der Waals surface area contributed by atoms with E-state index in [0.29, 0.717) is 5.78 Å². The number of anilines is 2. The van der Waals surface area contributed by atoms with Crippen molar-refractivity contribution in [2.45, 2.75) is 6.92 Å². The summed E-state index contributed by atoms with van der Waals surface area (Å²) in [7, 11) is 0. The first-order valence-corrected chi connectivity index (χ1v) is 6.24. The van der Waals surface area contributed by atoms with E-state index in [1.54, 1.807) is 23.1 Å². The Balaban J connectivity index is 1.61. The minimum Gasteiger partial charge on any atom is -0.368 e. The summed E-state index contributed by atoms with van der Waals surface area (Å²) in [6, 6.07) is 1.93. The summed E-state index contributed by atoms with van der Waals surface area (Å²) in [5.41, 5.74) is 0.898. The van der Waals surface area contributed by atoms with Crippen LogP contribution in [0.4, 0.5) is 11.6 Å². The van der Waals surface area contributed by atoms with Crippen molar-refractivity contribution in [2.75, 3.05) is 23.7 Å². The molecule has 8 nitrogen and oxygen atoms in total. The van der Waals surface area contributed by atoms with Crippen LogP contribution in [0.1, 0.15) is 5.69 Å². The fourth-order valence-electron chi connectivity index (χ4n) is 1.83. The molecule has 2 N–H and O–H groups in total. The van der Waals surface area contributed by atoms with Gasteiger partial charge in [-0.2, -0.15) is 14.6 Å². The van der Waals surface area contributed by atoms with E-state index in [9.17, 15) is 0 Å². The van der Waals surface area contributed by atoms with Crippen LogP contribution in [0.3, 0.4) is 0 Å². The number of hydrogen-bond donors (Lipinski definition) is 2. The number of nitrogens with one attached hydrogen (secondary N) is 2. The van der Waals surface area contributed by atoms with Gasteiger partial charge in [-0.05, 0) is 6.92 Å². The molecule has 0 aliphatic rings. The van der Waals surface area contributed by atoms with Crippen molar-refractivity contribution in [1.82, 2.24) is 29.5 Å². The highest BCUT2D eigenvalue weighted by Crippen LogP contribution is 2.09. The lowest BCUT2D eigenvalue weighted by Gasteiger charge is -2.09. The second-order valence-electron chi connectivity index (χ2n) is 4.20. The minimum absolute atomic E-state index is 0.592. The quantitative estimate of drug-likeness (QED) is 0.661. The first kappa shape index (κ1) is 12.3. The topological polar surface area (TPSA) is 92.9 Å². The van der Waals surface area contributed by atoms with Gasteiger partial charge in [-0.1, -0.05) is 0 Å². The molecule has 0 aliphatic heterocycles. The molecule has 0 aliphatic carbocycles. The van der Waals surface area contributed by atoms with Crippen LogP contribution in [-0.4, -0.2) is 42.6 Å². The van der Waals surface area contributed by atoms with E-state index < -0.39 is 0 Å². The molecule has 0 unspecified atom stereocenters. The van der Waals surface area contributed by atoms with Crippen molar-refractivity contribution in [3.8, 4) is 0 Å². The van der Waals surface area contributed by atoms with Crippen LogP contribution in [0.5, 0.6) is 0 Å². The van der Waals surface area contributed by atoms with Gasteiger partial charge in [0.05, 0.1) is 6.20 Å². The second kappa shape index (κ2) is 5.47. The highest BCUT2D eigenvalue weighted by atomic mass is 15.3. The van der Waals surface area contributed by atoms with Crippen molar-refractivity contribution < 1.29 is 0 Å². The third-order valence-electron chi connectivity index (χ3n) is 2.68. The second-order valence-corrected chi connectivity index (χ2v) is 4.20. The Morgan fingerprint density at radius 2 is 2.05 bits per heavy atom. The smallest absolute Gasteiger partial charge is 0.254 e. The van der Waals surface area contributed by atoms with Gasteiger partial charge < -0.3 is 10.6 Å². The summed E-state index contributed by atoms with van der Waals surface area (Å²) in [4.78, 5) is 16.5. The molecule has 8 heteroatoms. The summed E-state index contributed by atoms with van der Waals surface area (Å²) in [6.07, 6.45) is 6.47. The van der Waals surface area contributed by atoms with Crippen LogP contribution < -0.4 is 10.6 Å². The summed E-state index contributed by atoms with van der Waals surface area (Å²) in [6.45, 7) is 3.36. The molecule has 0 radical (unpaired) electrons. The molecule has 0 bridgehead atoms. The summed E-state index contributed by atoms with van der Waals surface area (Å²) < 4.78 is 1.68. The normalized spacial score (nSPS) is 10.7. The molecule has 0 atom stereocenters. The zero-order valence-electron chi connectivity index (χ0n) is 11.0. The molecule has 0 spiro atoms. The maximum absolute atomic E-state index is 4.29. The number of nitrogens with zero attached hydrogens (tertiary/aromatic N) is 6. The number of fused-ring (bicyclic) bond motifs is 1. The zero-order chi connectivity index (χ0) is 13.8. The molecule has 0 aromatic carbocycles. The molecule has 3 rings (SSSR count). The van der Waals surface area contributed by atoms with Gasteiger partial charge >= 0.3 is 0 Å². The van der Waals surface area contributed by atoms with Gasteiger partial charge in [0.1, 0.15) is 18.0 Å². The van der Waals surface area contributed by atoms with Gasteiger partial charge in [0.2, 0.25) is 0 Å². The lowest BCUT2D eigenvalue weighted by molar-refractivity contribution is 0.913. The van der Waals surface area contributed by atoms with E-state index in [0.717, 1.165) is 30.4 Å². The fraction of sp³-hybridized carbons (Fsp3) is 0.250. The van der Waals surface area contributed by atoms with Gasteiger partial charge in [0, 0.05) is 37.2 Å². The Morgan fingerprint density at radius 1 is 1.15 bits per heavy atom. The summed E-state index contributed by atoms with van der Waals surface area (Å²) in [5.74, 6) is 2.21. The standard InChI is InChI=1S/C12H14N8/c1-9-6-11(20-12(19-9)17-8-18-20)16-5-4-15-10-7-13-2-3-14-10/h2-3,6-8,16H,4-5H2,1H3,(H,14,15). The van der Waals surface area contributed by atoms with Gasteiger partial charge in [-0.3, -0.25) is 4.98 Å². The van der Waals surface area contributed by atoms with E-state index >= 15 is 0 Å². The molecule has 3 aromatic rings. The van der Waals surface area contributed by atoms with Crippen LogP contribution in [0, 0.1) is 6.92 Å². The van der Waals surface area contributed by atoms with Crippen molar-refractivity contribution in [2.24, 2.45) is 0 Å². The highest BCUT2D eigenvalue weighted by Gasteiger charge is 2.04. The first-order chi connectivity index (χ1) is 9.83. The Bertz CT molecular complexity index is 693. The van der Waals surface area contributed by atoms with Crippen LogP contribution in [0.25, 0.3) is 5.78 Å². The van der Waals surface area contributed by atoms with Gasteiger partial charge in [0.25, 0.3) is 5.78 Å². The molecule has 3 aromatic heterocycles. The van der Waals surface area contributed by atoms with Crippen molar-refractivity contribution >= 4 is 17.4 Å². The van der Waals surface area contributed by atoms with E-state index in [4.69, 9.17) is 0 Å². The largest absolute Gasteiger partial charge is 0.368 e. The lowest BCUT2D eigenvalue weighted by atomic mass is 10.4. The number of aryl methyl sites for hydroxylation is 1. The van der Waals surface area contributed by atoms with Crippen LogP contribution in [-0.2, 0) is 0 Å². The van der Waals surface area contributed by atoms with Crippen molar-refractivity contribution in [3.05, 3.63) is 36.7 Å². The third kappa shape index (κ3) is 2.63. The average molecular weight is 270 g/mol. The molecular formula is C12H14N8. The Morgan fingerprint density at radius 3 is 2.90 bits per heavy atom. The number of rotatable bonds is 5. The zero-order valence-corrected chi connectivity index (χ0v) is 11.0. The molecule has 0 saturated carbocycles. The van der Waals surface area contributed by atoms with Crippen molar-refractivity contribution in [3.63, 3.8) is 0 Å². The van der Waals surface area contributed by atoms with Gasteiger partial charge in [-0.15, -0.1) is 0 Å². The Hall–Kier alpha value is -2.77. The van der Waals surface area contributed by atoms with Crippen molar-refractivity contribution in [1.29, 1.82) is 0 Å². The van der Waals surface area contributed by atoms with Crippen LogP contribution >= 0.6 is 0 Å². The van der Waals surface area contributed by atoms with E-state index in [-0.39, 0.29) is 0 Å². The molecule has 0 fully saturated rings. The maximum atomic E-state index is 4.29. The number of aromatic nitrogens is 6. The fourth-order valence-corrected chi connectivity index (χ4v) is 1.83. The lowest BCUT2D eigenvalue weighted by Crippen LogP contribution is -2.16. The predicted molar refractivity (Wildman–Crippen MR) is 74.5 cm³/mol. The van der Waals surface area contributed by atoms with Gasteiger partial charge in [0.15, 0.2) is 0 Å².